The first-order valence-electron chi connectivity index (χ1n) is 5.04. The number of hydrogen-bond acceptors (Lipinski definition) is 4. The zero-order chi connectivity index (χ0) is 9.97. The third-order valence-electron chi connectivity index (χ3n) is 2.64. The van der Waals surface area contributed by atoms with Gasteiger partial charge in [-0.25, -0.2) is 0 Å². The largest absolute Gasteiger partial charge is 0.368 e. The van der Waals surface area contributed by atoms with E-state index >= 15 is 0 Å². The van der Waals surface area contributed by atoms with Crippen LogP contribution in [0.25, 0.3) is 0 Å². The fraction of sp³-hybridized carbons (Fsp3) is 0.600. The van der Waals surface area contributed by atoms with Crippen molar-refractivity contribution < 1.29 is 0 Å². The first kappa shape index (κ1) is 9.40. The highest BCUT2D eigenvalue weighted by molar-refractivity contribution is 5.32. The van der Waals surface area contributed by atoms with Gasteiger partial charge in [-0.05, 0) is 37.8 Å². The van der Waals surface area contributed by atoms with Crippen molar-refractivity contribution in [1.82, 2.24) is 10.2 Å². The maximum Gasteiger partial charge on any atom is 0.148 e. The SMILES string of the molecule is Cc1ccc(NCC2CC(N)C2)nn1. The standard InChI is InChI=1S/C10H16N4/c1-7-2-3-10(14-13-7)12-6-8-4-9(11)5-8/h2-3,8-9H,4-6,11H2,1H3,(H,12,14). The summed E-state index contributed by atoms with van der Waals surface area (Å²) in [6.07, 6.45) is 2.26. The van der Waals surface area contributed by atoms with Crippen molar-refractivity contribution >= 4 is 5.82 Å². The summed E-state index contributed by atoms with van der Waals surface area (Å²) in [5.74, 6) is 1.57. The van der Waals surface area contributed by atoms with E-state index in [1.165, 1.54) is 0 Å². The second kappa shape index (κ2) is 3.92. The molecule has 0 amide bonds. The van der Waals surface area contributed by atoms with E-state index < -0.39 is 0 Å². The summed E-state index contributed by atoms with van der Waals surface area (Å²) in [4.78, 5) is 0. The van der Waals surface area contributed by atoms with Crippen molar-refractivity contribution in [2.75, 3.05) is 11.9 Å². The summed E-state index contributed by atoms with van der Waals surface area (Å²) in [5, 5.41) is 11.3. The molecule has 0 aliphatic heterocycles. The first-order valence-corrected chi connectivity index (χ1v) is 5.04. The lowest BCUT2D eigenvalue weighted by Gasteiger charge is -2.32. The minimum Gasteiger partial charge on any atom is -0.368 e. The number of aromatic nitrogens is 2. The summed E-state index contributed by atoms with van der Waals surface area (Å²) in [7, 11) is 0. The number of rotatable bonds is 3. The molecule has 0 aromatic carbocycles. The number of nitrogens with zero attached hydrogens (tertiary/aromatic N) is 2. The zero-order valence-corrected chi connectivity index (χ0v) is 8.40. The van der Waals surface area contributed by atoms with E-state index in [1.807, 2.05) is 19.1 Å². The van der Waals surface area contributed by atoms with Crippen LogP contribution in [0, 0.1) is 12.8 Å². The fourth-order valence-corrected chi connectivity index (χ4v) is 1.70. The molecular formula is C10H16N4. The van der Waals surface area contributed by atoms with Crippen LogP contribution < -0.4 is 11.1 Å². The van der Waals surface area contributed by atoms with Gasteiger partial charge in [0.25, 0.3) is 0 Å². The molecule has 0 saturated heterocycles. The third-order valence-corrected chi connectivity index (χ3v) is 2.64. The predicted molar refractivity (Wildman–Crippen MR) is 56.0 cm³/mol. The van der Waals surface area contributed by atoms with Gasteiger partial charge in [0.05, 0.1) is 5.69 Å². The zero-order valence-electron chi connectivity index (χ0n) is 8.40. The Morgan fingerprint density at radius 1 is 1.43 bits per heavy atom. The molecule has 0 spiro atoms. The Hall–Kier alpha value is -1.16. The maximum atomic E-state index is 5.70. The smallest absolute Gasteiger partial charge is 0.148 e. The van der Waals surface area contributed by atoms with Crippen molar-refractivity contribution in [3.63, 3.8) is 0 Å². The van der Waals surface area contributed by atoms with Crippen molar-refractivity contribution in [2.45, 2.75) is 25.8 Å². The maximum absolute atomic E-state index is 5.70. The summed E-state index contributed by atoms with van der Waals surface area (Å²) >= 11 is 0. The average molecular weight is 192 g/mol. The van der Waals surface area contributed by atoms with Crippen molar-refractivity contribution in [2.24, 2.45) is 11.7 Å². The molecule has 1 aliphatic rings. The van der Waals surface area contributed by atoms with Gasteiger partial charge in [0.15, 0.2) is 0 Å². The van der Waals surface area contributed by atoms with Gasteiger partial charge in [0.2, 0.25) is 0 Å². The highest BCUT2D eigenvalue weighted by atomic mass is 15.2. The molecule has 0 radical (unpaired) electrons. The second-order valence-electron chi connectivity index (χ2n) is 4.04. The molecule has 0 atom stereocenters. The molecular weight excluding hydrogens is 176 g/mol. The van der Waals surface area contributed by atoms with Crippen LogP contribution in [-0.2, 0) is 0 Å². The molecule has 4 nitrogen and oxygen atoms in total. The van der Waals surface area contributed by atoms with Crippen LogP contribution >= 0.6 is 0 Å². The summed E-state index contributed by atoms with van der Waals surface area (Å²) in [5.41, 5.74) is 6.65. The Balaban J connectivity index is 1.78. The Kier molecular flexibility index (Phi) is 2.63. The van der Waals surface area contributed by atoms with E-state index in [4.69, 9.17) is 5.73 Å². The van der Waals surface area contributed by atoms with E-state index in [-0.39, 0.29) is 0 Å². The molecule has 1 aliphatic carbocycles. The van der Waals surface area contributed by atoms with Gasteiger partial charge in [-0.3, -0.25) is 0 Å². The van der Waals surface area contributed by atoms with Gasteiger partial charge in [-0.15, -0.1) is 5.10 Å². The van der Waals surface area contributed by atoms with E-state index in [0.29, 0.717) is 12.0 Å². The first-order chi connectivity index (χ1) is 6.74. The van der Waals surface area contributed by atoms with Crippen LogP contribution in [-0.4, -0.2) is 22.8 Å². The molecule has 1 saturated carbocycles. The monoisotopic (exact) mass is 192 g/mol. The van der Waals surface area contributed by atoms with Crippen molar-refractivity contribution in [3.05, 3.63) is 17.8 Å². The third kappa shape index (κ3) is 2.20. The lowest BCUT2D eigenvalue weighted by atomic mass is 9.81. The normalized spacial score (nSPS) is 25.6. The van der Waals surface area contributed by atoms with E-state index in [2.05, 4.69) is 15.5 Å². The summed E-state index contributed by atoms with van der Waals surface area (Å²) in [6.45, 7) is 2.90. The van der Waals surface area contributed by atoms with Crippen LogP contribution in [0.15, 0.2) is 12.1 Å². The Morgan fingerprint density at radius 3 is 2.79 bits per heavy atom. The number of hydrogen-bond donors (Lipinski definition) is 2. The van der Waals surface area contributed by atoms with Crippen LogP contribution in [0.3, 0.4) is 0 Å². The lowest BCUT2D eigenvalue weighted by molar-refractivity contribution is 0.280. The van der Waals surface area contributed by atoms with Crippen LogP contribution in [0.5, 0.6) is 0 Å². The fourth-order valence-electron chi connectivity index (χ4n) is 1.70. The second-order valence-corrected chi connectivity index (χ2v) is 4.04. The van der Waals surface area contributed by atoms with Crippen molar-refractivity contribution in [3.8, 4) is 0 Å². The number of aryl methyl sites for hydroxylation is 1. The van der Waals surface area contributed by atoms with Gasteiger partial charge in [0, 0.05) is 12.6 Å². The minimum atomic E-state index is 0.422. The Labute approximate surface area is 83.9 Å². The lowest BCUT2D eigenvalue weighted by Crippen LogP contribution is -2.39. The summed E-state index contributed by atoms with van der Waals surface area (Å²) < 4.78 is 0. The molecule has 2 rings (SSSR count). The van der Waals surface area contributed by atoms with Crippen LogP contribution in [0.2, 0.25) is 0 Å². The quantitative estimate of drug-likeness (QED) is 0.748. The van der Waals surface area contributed by atoms with E-state index in [9.17, 15) is 0 Å². The topological polar surface area (TPSA) is 63.8 Å². The molecule has 1 aromatic rings. The van der Waals surface area contributed by atoms with Crippen molar-refractivity contribution in [1.29, 1.82) is 0 Å². The van der Waals surface area contributed by atoms with Gasteiger partial charge in [0.1, 0.15) is 5.82 Å². The van der Waals surface area contributed by atoms with Crippen LogP contribution in [0.4, 0.5) is 5.82 Å². The molecule has 0 unspecified atom stereocenters. The molecule has 0 bridgehead atoms. The highest BCUT2D eigenvalue weighted by Crippen LogP contribution is 2.25. The van der Waals surface area contributed by atoms with Gasteiger partial charge in [-0.1, -0.05) is 0 Å². The predicted octanol–water partition coefficient (Wildman–Crippen LogP) is 0.934. The highest BCUT2D eigenvalue weighted by Gasteiger charge is 2.25. The minimum absolute atomic E-state index is 0.422. The molecule has 3 N–H and O–H groups in total. The number of nitrogens with two attached hydrogens (primary N) is 1. The van der Waals surface area contributed by atoms with Gasteiger partial charge in [-0.2, -0.15) is 5.10 Å². The average Bonchev–Trinajstić information content (AvgIpc) is 2.13. The number of nitrogens with one attached hydrogen (secondary N) is 1. The van der Waals surface area contributed by atoms with E-state index in [1.54, 1.807) is 0 Å². The molecule has 4 heteroatoms. The summed E-state index contributed by atoms with van der Waals surface area (Å²) in [6, 6.07) is 4.34. The molecule has 1 fully saturated rings. The Morgan fingerprint density at radius 2 is 2.21 bits per heavy atom. The van der Waals surface area contributed by atoms with E-state index in [0.717, 1.165) is 30.9 Å². The molecule has 76 valence electrons. The Bertz CT molecular complexity index is 289. The molecule has 14 heavy (non-hydrogen) atoms. The number of anilines is 1. The van der Waals surface area contributed by atoms with Gasteiger partial charge >= 0.3 is 0 Å². The molecule has 1 aromatic heterocycles. The molecule has 1 heterocycles. The van der Waals surface area contributed by atoms with Crippen LogP contribution in [0.1, 0.15) is 18.5 Å². The van der Waals surface area contributed by atoms with Gasteiger partial charge < -0.3 is 11.1 Å².